The average molecular weight is 294 g/mol. The van der Waals surface area contributed by atoms with Crippen molar-refractivity contribution in [2.45, 2.75) is 6.92 Å². The minimum absolute atomic E-state index is 0.254. The first-order chi connectivity index (χ1) is 10.7. The molecule has 3 N–H and O–H groups in total. The van der Waals surface area contributed by atoms with Gasteiger partial charge in [0.25, 0.3) is 0 Å². The molecule has 0 amide bonds. The number of aryl methyl sites for hydroxylation is 1. The first kappa shape index (κ1) is 14.1. The van der Waals surface area contributed by atoms with Crippen LogP contribution in [0, 0.1) is 6.92 Å². The van der Waals surface area contributed by atoms with Crippen LogP contribution in [0.3, 0.4) is 0 Å². The van der Waals surface area contributed by atoms with Crippen molar-refractivity contribution >= 4 is 22.5 Å². The molecule has 1 aromatic carbocycles. The van der Waals surface area contributed by atoms with Gasteiger partial charge in [-0.25, -0.2) is 9.97 Å². The van der Waals surface area contributed by atoms with Crippen molar-refractivity contribution < 1.29 is 5.11 Å². The van der Waals surface area contributed by atoms with Gasteiger partial charge in [0.1, 0.15) is 17.4 Å². The summed E-state index contributed by atoms with van der Waals surface area (Å²) >= 11 is 0. The van der Waals surface area contributed by atoms with Crippen LogP contribution in [0.5, 0.6) is 5.75 Å². The van der Waals surface area contributed by atoms with Crippen LogP contribution in [0.1, 0.15) is 5.56 Å². The number of phenols is 1. The number of pyridine rings is 2. The summed E-state index contributed by atoms with van der Waals surface area (Å²) in [6, 6.07) is 13.0. The molecule has 0 unspecified atom stereocenters. The summed E-state index contributed by atoms with van der Waals surface area (Å²) in [5, 5.41) is 16.9. The van der Waals surface area contributed by atoms with Crippen LogP contribution in [0.4, 0.5) is 11.6 Å². The Kier molecular flexibility index (Phi) is 4.05. The fraction of sp³-hybridized carbons (Fsp3) is 0.176. The highest BCUT2D eigenvalue weighted by atomic mass is 16.3. The van der Waals surface area contributed by atoms with Gasteiger partial charge in [-0.05, 0) is 48.9 Å². The summed E-state index contributed by atoms with van der Waals surface area (Å²) in [4.78, 5) is 8.80. The lowest BCUT2D eigenvalue weighted by molar-refractivity contribution is 0.476. The van der Waals surface area contributed by atoms with Crippen LogP contribution >= 0.6 is 0 Å². The van der Waals surface area contributed by atoms with Crippen LogP contribution in [0.15, 0.2) is 48.7 Å². The molecule has 0 saturated carbocycles. The van der Waals surface area contributed by atoms with E-state index in [2.05, 4.69) is 20.6 Å². The maximum Gasteiger partial charge on any atom is 0.126 e. The smallest absolute Gasteiger partial charge is 0.126 e. The Hall–Kier alpha value is -2.82. The lowest BCUT2D eigenvalue weighted by Gasteiger charge is -2.08. The van der Waals surface area contributed by atoms with Gasteiger partial charge in [0.2, 0.25) is 0 Å². The second-order valence-corrected chi connectivity index (χ2v) is 5.15. The lowest BCUT2D eigenvalue weighted by atomic mass is 10.2. The third-order valence-electron chi connectivity index (χ3n) is 3.32. The fourth-order valence-corrected chi connectivity index (χ4v) is 2.16. The van der Waals surface area contributed by atoms with Gasteiger partial charge in [-0.15, -0.1) is 0 Å². The van der Waals surface area contributed by atoms with Crippen LogP contribution in [0.25, 0.3) is 10.9 Å². The van der Waals surface area contributed by atoms with Gasteiger partial charge in [-0.1, -0.05) is 6.07 Å². The Morgan fingerprint density at radius 2 is 1.73 bits per heavy atom. The third kappa shape index (κ3) is 3.44. The molecule has 0 radical (unpaired) electrons. The highest BCUT2D eigenvalue weighted by Crippen LogP contribution is 2.19. The van der Waals surface area contributed by atoms with Gasteiger partial charge in [0.05, 0.1) is 5.52 Å². The zero-order valence-corrected chi connectivity index (χ0v) is 12.4. The molecule has 112 valence electrons. The number of hydrogen-bond acceptors (Lipinski definition) is 5. The Morgan fingerprint density at radius 1 is 0.955 bits per heavy atom. The first-order valence-electron chi connectivity index (χ1n) is 7.21. The number of aromatic nitrogens is 2. The van der Waals surface area contributed by atoms with E-state index in [0.717, 1.165) is 41.2 Å². The largest absolute Gasteiger partial charge is 0.508 e. The quantitative estimate of drug-likeness (QED) is 0.631. The van der Waals surface area contributed by atoms with Gasteiger partial charge in [-0.2, -0.15) is 0 Å². The minimum Gasteiger partial charge on any atom is -0.508 e. The molecule has 0 aliphatic heterocycles. The highest BCUT2D eigenvalue weighted by Gasteiger charge is 1.99. The maximum atomic E-state index is 9.44. The predicted molar refractivity (Wildman–Crippen MR) is 89.4 cm³/mol. The lowest BCUT2D eigenvalue weighted by Crippen LogP contribution is -2.14. The first-order valence-corrected chi connectivity index (χ1v) is 7.21. The van der Waals surface area contributed by atoms with E-state index in [9.17, 15) is 5.11 Å². The summed E-state index contributed by atoms with van der Waals surface area (Å²) in [7, 11) is 0. The number of nitrogens with one attached hydrogen (secondary N) is 2. The van der Waals surface area contributed by atoms with Gasteiger partial charge in [0, 0.05) is 24.7 Å². The molecule has 3 rings (SSSR count). The van der Waals surface area contributed by atoms with Gasteiger partial charge in [0.15, 0.2) is 0 Å². The summed E-state index contributed by atoms with van der Waals surface area (Å²) < 4.78 is 0. The second kappa shape index (κ2) is 6.30. The van der Waals surface area contributed by atoms with E-state index in [-0.39, 0.29) is 5.75 Å². The predicted octanol–water partition coefficient (Wildman–Crippen LogP) is 3.17. The van der Waals surface area contributed by atoms with Gasteiger partial charge < -0.3 is 15.7 Å². The maximum absolute atomic E-state index is 9.44. The van der Waals surface area contributed by atoms with E-state index < -0.39 is 0 Å². The standard InChI is InChI=1S/C17H18N4O/c1-12-2-6-16(20-11-12)18-8-9-19-17-7-3-13-10-14(22)4-5-15(13)21-17/h2-7,10-11,22H,8-9H2,1H3,(H,18,20)(H,19,21). The highest BCUT2D eigenvalue weighted by molar-refractivity contribution is 5.81. The Morgan fingerprint density at radius 3 is 2.50 bits per heavy atom. The molecule has 5 nitrogen and oxygen atoms in total. The molecule has 5 heteroatoms. The molecular weight excluding hydrogens is 276 g/mol. The molecule has 3 aromatic rings. The van der Waals surface area contributed by atoms with Crippen molar-refractivity contribution in [2.24, 2.45) is 0 Å². The summed E-state index contributed by atoms with van der Waals surface area (Å²) in [5.74, 6) is 1.94. The van der Waals surface area contributed by atoms with E-state index in [4.69, 9.17) is 0 Å². The van der Waals surface area contributed by atoms with Crippen LogP contribution < -0.4 is 10.6 Å². The van der Waals surface area contributed by atoms with Crippen LogP contribution in [-0.2, 0) is 0 Å². The van der Waals surface area contributed by atoms with Gasteiger partial charge in [-0.3, -0.25) is 0 Å². The van der Waals surface area contributed by atoms with Crippen LogP contribution in [0.2, 0.25) is 0 Å². The summed E-state index contributed by atoms with van der Waals surface area (Å²) in [6.45, 7) is 3.51. The van der Waals surface area contributed by atoms with E-state index in [0.29, 0.717) is 0 Å². The number of aromatic hydroxyl groups is 1. The number of phenolic OH excluding ortho intramolecular Hbond substituents is 1. The van der Waals surface area contributed by atoms with Crippen molar-refractivity contribution in [1.29, 1.82) is 0 Å². The van der Waals surface area contributed by atoms with Crippen LogP contribution in [-0.4, -0.2) is 28.2 Å². The number of nitrogens with zero attached hydrogens (tertiary/aromatic N) is 2. The van der Waals surface area contributed by atoms with E-state index in [1.807, 2.05) is 43.5 Å². The number of rotatable bonds is 5. The zero-order chi connectivity index (χ0) is 15.4. The van der Waals surface area contributed by atoms with Crippen molar-refractivity contribution in [3.05, 3.63) is 54.2 Å². The Balaban J connectivity index is 1.55. The molecule has 0 fully saturated rings. The van der Waals surface area contributed by atoms with Crippen molar-refractivity contribution in [3.8, 4) is 5.75 Å². The molecule has 0 spiro atoms. The molecule has 0 atom stereocenters. The molecule has 0 aliphatic rings. The second-order valence-electron chi connectivity index (χ2n) is 5.15. The summed E-state index contributed by atoms with van der Waals surface area (Å²) in [6.07, 6.45) is 1.84. The topological polar surface area (TPSA) is 70.1 Å². The van der Waals surface area contributed by atoms with Gasteiger partial charge >= 0.3 is 0 Å². The van der Waals surface area contributed by atoms with E-state index in [1.165, 1.54) is 0 Å². The molecular formula is C17H18N4O. The molecule has 0 aliphatic carbocycles. The molecule has 0 saturated heterocycles. The zero-order valence-electron chi connectivity index (χ0n) is 12.4. The number of anilines is 2. The van der Waals surface area contributed by atoms with E-state index in [1.54, 1.807) is 12.1 Å². The number of benzene rings is 1. The molecule has 22 heavy (non-hydrogen) atoms. The Bertz CT molecular complexity index is 771. The molecule has 2 aromatic heterocycles. The number of hydrogen-bond donors (Lipinski definition) is 3. The third-order valence-corrected chi connectivity index (χ3v) is 3.32. The average Bonchev–Trinajstić information content (AvgIpc) is 2.53. The van der Waals surface area contributed by atoms with Crippen molar-refractivity contribution in [2.75, 3.05) is 23.7 Å². The van der Waals surface area contributed by atoms with Crippen molar-refractivity contribution in [1.82, 2.24) is 9.97 Å². The fourth-order valence-electron chi connectivity index (χ4n) is 2.16. The molecule has 2 heterocycles. The summed E-state index contributed by atoms with van der Waals surface area (Å²) in [5.41, 5.74) is 2.01. The van der Waals surface area contributed by atoms with Crippen molar-refractivity contribution in [3.63, 3.8) is 0 Å². The van der Waals surface area contributed by atoms with E-state index >= 15 is 0 Å². The Labute approximate surface area is 129 Å². The molecule has 0 bridgehead atoms. The SMILES string of the molecule is Cc1ccc(NCCNc2ccc3cc(O)ccc3n2)nc1. The normalized spacial score (nSPS) is 10.6. The minimum atomic E-state index is 0.254. The number of fused-ring (bicyclic) bond motifs is 1. The monoisotopic (exact) mass is 294 g/mol.